The molecule has 2 aromatic carbocycles. The highest BCUT2D eigenvalue weighted by Gasteiger charge is 2.17. The molecular weight excluding hydrogens is 282 g/mol. The Morgan fingerprint density at radius 1 is 1.27 bits per heavy atom. The first kappa shape index (κ1) is 15.3. The third-order valence-electron chi connectivity index (χ3n) is 3.15. The van der Waals surface area contributed by atoms with Crippen molar-refractivity contribution in [2.24, 2.45) is 0 Å². The van der Waals surface area contributed by atoms with E-state index in [9.17, 15) is 10.1 Å². The molecule has 0 aromatic heterocycles. The fourth-order valence-corrected chi connectivity index (χ4v) is 2.00. The molecule has 0 radical (unpaired) electrons. The van der Waals surface area contributed by atoms with Crippen LogP contribution in [-0.4, -0.2) is 25.1 Å². The summed E-state index contributed by atoms with van der Waals surface area (Å²) in [5, 5.41) is 20.0. The van der Waals surface area contributed by atoms with Crippen molar-refractivity contribution in [3.05, 3.63) is 64.2 Å². The smallest absolute Gasteiger partial charge is 0.293 e. The predicted molar refractivity (Wildman–Crippen MR) is 83.0 cm³/mol. The van der Waals surface area contributed by atoms with Gasteiger partial charge < -0.3 is 9.64 Å². The second-order valence-electron chi connectivity index (χ2n) is 4.66. The largest absolute Gasteiger partial charge is 0.492 e. The summed E-state index contributed by atoms with van der Waals surface area (Å²) < 4.78 is 5.58. The first-order valence-electron chi connectivity index (χ1n) is 6.69. The van der Waals surface area contributed by atoms with Crippen molar-refractivity contribution < 1.29 is 9.66 Å². The number of anilines is 1. The molecule has 0 fully saturated rings. The number of nitrogens with zero attached hydrogens (tertiary/aromatic N) is 3. The summed E-state index contributed by atoms with van der Waals surface area (Å²) in [6.45, 7) is 0.888. The number of rotatable bonds is 6. The van der Waals surface area contributed by atoms with Gasteiger partial charge in [0.15, 0.2) is 0 Å². The molecule has 0 spiro atoms. The molecular formula is C16H15N3O3. The number of nitriles is 1. The summed E-state index contributed by atoms with van der Waals surface area (Å²) in [5.74, 6) is 0.755. The van der Waals surface area contributed by atoms with Crippen LogP contribution in [0.5, 0.6) is 5.75 Å². The molecule has 6 heteroatoms. The molecule has 0 aliphatic heterocycles. The van der Waals surface area contributed by atoms with Crippen molar-refractivity contribution in [1.82, 2.24) is 0 Å². The number of para-hydroxylation sites is 1. The van der Waals surface area contributed by atoms with Crippen LogP contribution in [-0.2, 0) is 0 Å². The van der Waals surface area contributed by atoms with E-state index in [1.54, 1.807) is 24.1 Å². The number of nitro benzene ring substituents is 1. The molecule has 2 rings (SSSR count). The molecule has 6 nitrogen and oxygen atoms in total. The van der Waals surface area contributed by atoms with Crippen LogP contribution >= 0.6 is 0 Å². The number of hydrogen-bond acceptors (Lipinski definition) is 5. The minimum atomic E-state index is -0.481. The average molecular weight is 297 g/mol. The van der Waals surface area contributed by atoms with Crippen LogP contribution in [0, 0.1) is 21.4 Å². The Morgan fingerprint density at radius 2 is 2.00 bits per heavy atom. The molecule has 0 heterocycles. The summed E-state index contributed by atoms with van der Waals surface area (Å²) in [7, 11) is 1.75. The van der Waals surface area contributed by atoms with Crippen molar-refractivity contribution >= 4 is 11.4 Å². The minimum absolute atomic E-state index is 0.0822. The second-order valence-corrected chi connectivity index (χ2v) is 4.66. The zero-order valence-electron chi connectivity index (χ0n) is 12.1. The van der Waals surface area contributed by atoms with Gasteiger partial charge in [0.05, 0.1) is 23.1 Å². The molecule has 0 bridgehead atoms. The first-order chi connectivity index (χ1) is 10.6. The standard InChI is InChI=1S/C16H15N3O3/c1-18(9-10-22-14-5-3-2-4-6-14)15-8-7-13(12-17)11-16(15)19(20)21/h2-8,11H,9-10H2,1H3. The van der Waals surface area contributed by atoms with Crippen LogP contribution < -0.4 is 9.64 Å². The van der Waals surface area contributed by atoms with Gasteiger partial charge in [-0.15, -0.1) is 0 Å². The monoisotopic (exact) mass is 297 g/mol. The SMILES string of the molecule is CN(CCOc1ccccc1)c1ccc(C#N)cc1[N+](=O)[O-]. The highest BCUT2D eigenvalue weighted by Crippen LogP contribution is 2.28. The Hall–Kier alpha value is -3.07. The van der Waals surface area contributed by atoms with Crippen molar-refractivity contribution in [1.29, 1.82) is 5.26 Å². The molecule has 0 saturated heterocycles. The van der Waals surface area contributed by atoms with Gasteiger partial charge in [0.25, 0.3) is 5.69 Å². The van der Waals surface area contributed by atoms with Crippen LogP contribution in [0.1, 0.15) is 5.56 Å². The highest BCUT2D eigenvalue weighted by molar-refractivity contribution is 5.65. The van der Waals surface area contributed by atoms with Crippen molar-refractivity contribution in [2.75, 3.05) is 25.1 Å². The van der Waals surface area contributed by atoms with Crippen molar-refractivity contribution in [2.45, 2.75) is 0 Å². The number of ether oxygens (including phenoxy) is 1. The molecule has 0 amide bonds. The zero-order chi connectivity index (χ0) is 15.9. The zero-order valence-corrected chi connectivity index (χ0v) is 12.1. The fraction of sp³-hybridized carbons (Fsp3) is 0.188. The van der Waals surface area contributed by atoms with Crippen LogP contribution in [0.25, 0.3) is 0 Å². The maximum atomic E-state index is 11.1. The van der Waals surface area contributed by atoms with E-state index in [1.165, 1.54) is 6.07 Å². The Bertz CT molecular complexity index is 696. The van der Waals surface area contributed by atoms with Gasteiger partial charge in [-0.05, 0) is 24.3 Å². The van der Waals surface area contributed by atoms with Crippen LogP contribution in [0.4, 0.5) is 11.4 Å². The van der Waals surface area contributed by atoms with E-state index in [0.29, 0.717) is 18.8 Å². The summed E-state index contributed by atoms with van der Waals surface area (Å²) in [6.07, 6.45) is 0. The Morgan fingerprint density at radius 3 is 2.64 bits per heavy atom. The number of benzene rings is 2. The van der Waals surface area contributed by atoms with E-state index < -0.39 is 4.92 Å². The second kappa shape index (κ2) is 7.09. The lowest BCUT2D eigenvalue weighted by molar-refractivity contribution is -0.384. The van der Waals surface area contributed by atoms with Crippen molar-refractivity contribution in [3.8, 4) is 11.8 Å². The topological polar surface area (TPSA) is 79.4 Å². The molecule has 2 aromatic rings. The lowest BCUT2D eigenvalue weighted by atomic mass is 10.2. The van der Waals surface area contributed by atoms with E-state index >= 15 is 0 Å². The summed E-state index contributed by atoms with van der Waals surface area (Å²) >= 11 is 0. The summed E-state index contributed by atoms with van der Waals surface area (Å²) in [4.78, 5) is 12.4. The maximum Gasteiger partial charge on any atom is 0.293 e. The maximum absolute atomic E-state index is 11.1. The van der Waals surface area contributed by atoms with Crippen LogP contribution in [0.15, 0.2) is 48.5 Å². The van der Waals surface area contributed by atoms with E-state index in [-0.39, 0.29) is 11.3 Å². The van der Waals surface area contributed by atoms with E-state index in [0.717, 1.165) is 5.75 Å². The molecule has 0 aliphatic carbocycles. The van der Waals surface area contributed by atoms with Gasteiger partial charge in [-0.25, -0.2) is 0 Å². The normalized spacial score (nSPS) is 9.82. The molecule has 0 aliphatic rings. The van der Waals surface area contributed by atoms with Gasteiger partial charge in [0, 0.05) is 13.1 Å². The Balaban J connectivity index is 2.04. The van der Waals surface area contributed by atoms with Gasteiger partial charge in [0.1, 0.15) is 18.0 Å². The molecule has 0 saturated carbocycles. The third-order valence-corrected chi connectivity index (χ3v) is 3.15. The van der Waals surface area contributed by atoms with Crippen molar-refractivity contribution in [3.63, 3.8) is 0 Å². The minimum Gasteiger partial charge on any atom is -0.492 e. The molecule has 0 N–H and O–H groups in total. The average Bonchev–Trinajstić information content (AvgIpc) is 2.55. The molecule has 0 atom stereocenters. The highest BCUT2D eigenvalue weighted by atomic mass is 16.6. The molecule has 22 heavy (non-hydrogen) atoms. The summed E-state index contributed by atoms with van der Waals surface area (Å²) in [6, 6.07) is 15.7. The van der Waals surface area contributed by atoms with Gasteiger partial charge in [-0.1, -0.05) is 18.2 Å². The molecule has 0 unspecified atom stereocenters. The lowest BCUT2D eigenvalue weighted by Gasteiger charge is -2.19. The number of hydrogen-bond donors (Lipinski definition) is 0. The number of likely N-dealkylation sites (N-methyl/N-ethyl adjacent to an activating group) is 1. The van der Waals surface area contributed by atoms with Gasteiger partial charge in [-0.3, -0.25) is 10.1 Å². The third kappa shape index (κ3) is 3.73. The van der Waals surface area contributed by atoms with E-state index in [4.69, 9.17) is 10.00 Å². The molecule has 112 valence electrons. The van der Waals surface area contributed by atoms with Gasteiger partial charge >= 0.3 is 0 Å². The van der Waals surface area contributed by atoms with Crippen LogP contribution in [0.2, 0.25) is 0 Å². The fourth-order valence-electron chi connectivity index (χ4n) is 2.00. The van der Waals surface area contributed by atoms with Crippen LogP contribution in [0.3, 0.4) is 0 Å². The Labute approximate surface area is 128 Å². The number of nitro groups is 1. The van der Waals surface area contributed by atoms with E-state index in [1.807, 2.05) is 36.4 Å². The van der Waals surface area contributed by atoms with Gasteiger partial charge in [0.2, 0.25) is 0 Å². The first-order valence-corrected chi connectivity index (χ1v) is 6.69. The quantitative estimate of drug-likeness (QED) is 0.605. The van der Waals surface area contributed by atoms with E-state index in [2.05, 4.69) is 0 Å². The predicted octanol–water partition coefficient (Wildman–Crippen LogP) is 2.98. The Kier molecular flexibility index (Phi) is 4.94. The summed E-state index contributed by atoms with van der Waals surface area (Å²) in [5.41, 5.74) is 0.645. The lowest BCUT2D eigenvalue weighted by Crippen LogP contribution is -2.24. The van der Waals surface area contributed by atoms with Gasteiger partial charge in [-0.2, -0.15) is 5.26 Å².